The van der Waals surface area contributed by atoms with E-state index in [1.165, 1.54) is 12.0 Å². The maximum absolute atomic E-state index is 10.0. The Hall–Kier alpha value is -0.300. The quantitative estimate of drug-likeness (QED) is 0.685. The average molecular weight is 196 g/mol. The highest BCUT2D eigenvalue weighted by molar-refractivity contribution is 5.12. The first-order valence-electron chi connectivity index (χ1n) is 5.78. The lowest BCUT2D eigenvalue weighted by Crippen LogP contribution is -2.23. The molecule has 1 N–H and O–H groups in total. The highest BCUT2D eigenvalue weighted by Crippen LogP contribution is 2.32. The van der Waals surface area contributed by atoms with Crippen molar-refractivity contribution in [1.29, 1.82) is 0 Å². The summed E-state index contributed by atoms with van der Waals surface area (Å²) in [5.74, 6) is 0.569. The number of hydrogen-bond donors (Lipinski definition) is 1. The Morgan fingerprint density at radius 1 is 1.43 bits per heavy atom. The molecule has 82 valence electrons. The van der Waals surface area contributed by atoms with Gasteiger partial charge in [-0.1, -0.05) is 33.8 Å². The van der Waals surface area contributed by atoms with Crippen molar-refractivity contribution in [3.05, 3.63) is 11.6 Å². The van der Waals surface area contributed by atoms with Crippen LogP contribution in [0.15, 0.2) is 11.6 Å². The number of rotatable bonds is 3. The van der Waals surface area contributed by atoms with Gasteiger partial charge in [0.05, 0.1) is 6.10 Å². The van der Waals surface area contributed by atoms with Crippen LogP contribution < -0.4 is 0 Å². The zero-order chi connectivity index (χ0) is 10.8. The van der Waals surface area contributed by atoms with Crippen molar-refractivity contribution < 1.29 is 5.11 Å². The first-order chi connectivity index (χ1) is 6.41. The highest BCUT2D eigenvalue weighted by Gasteiger charge is 2.24. The molecule has 0 saturated carbocycles. The van der Waals surface area contributed by atoms with E-state index in [-0.39, 0.29) is 6.10 Å². The normalized spacial score (nSPS) is 21.9. The average Bonchev–Trinajstić information content (AvgIpc) is 2.53. The Kier molecular flexibility index (Phi) is 3.77. The fraction of sp³-hybridized carbons (Fsp3) is 0.846. The number of allylic oxidation sites excluding steroid dienone is 1. The second-order valence-electron chi connectivity index (χ2n) is 5.69. The molecular formula is C13H24O. The Balaban J connectivity index is 2.44. The second kappa shape index (κ2) is 4.48. The molecule has 1 aliphatic carbocycles. The van der Waals surface area contributed by atoms with Gasteiger partial charge in [0.1, 0.15) is 0 Å². The smallest absolute Gasteiger partial charge is 0.0752 e. The summed E-state index contributed by atoms with van der Waals surface area (Å²) in [6.07, 6.45) is 6.45. The fourth-order valence-corrected chi connectivity index (χ4v) is 1.84. The lowest BCUT2D eigenvalue weighted by Gasteiger charge is -2.29. The Morgan fingerprint density at radius 2 is 2.07 bits per heavy atom. The van der Waals surface area contributed by atoms with Gasteiger partial charge in [-0.2, -0.15) is 0 Å². The topological polar surface area (TPSA) is 20.2 Å². The predicted octanol–water partition coefficient (Wildman–Crippen LogP) is 3.53. The Labute approximate surface area is 88.2 Å². The van der Waals surface area contributed by atoms with Crippen molar-refractivity contribution in [2.24, 2.45) is 11.3 Å². The monoisotopic (exact) mass is 196 g/mol. The van der Waals surface area contributed by atoms with E-state index < -0.39 is 0 Å². The molecule has 0 fully saturated rings. The molecule has 0 bridgehead atoms. The summed E-state index contributed by atoms with van der Waals surface area (Å²) in [4.78, 5) is 0. The second-order valence-corrected chi connectivity index (χ2v) is 5.69. The fourth-order valence-electron chi connectivity index (χ4n) is 1.84. The summed E-state index contributed by atoms with van der Waals surface area (Å²) >= 11 is 0. The highest BCUT2D eigenvalue weighted by atomic mass is 16.3. The summed E-state index contributed by atoms with van der Waals surface area (Å²) in [6, 6.07) is 0. The van der Waals surface area contributed by atoms with Crippen molar-refractivity contribution in [2.75, 3.05) is 0 Å². The minimum Gasteiger partial charge on any atom is -0.389 e. The van der Waals surface area contributed by atoms with Gasteiger partial charge in [0.2, 0.25) is 0 Å². The summed E-state index contributed by atoms with van der Waals surface area (Å²) in [7, 11) is 0. The summed E-state index contributed by atoms with van der Waals surface area (Å²) in [5, 5.41) is 10.0. The molecule has 1 nitrogen and oxygen atoms in total. The summed E-state index contributed by atoms with van der Waals surface area (Å²) in [5.41, 5.74) is 1.58. The molecule has 0 aromatic carbocycles. The number of aliphatic hydroxyl groups is 1. The van der Waals surface area contributed by atoms with E-state index in [0.717, 1.165) is 19.3 Å². The molecule has 0 spiro atoms. The van der Waals surface area contributed by atoms with Crippen LogP contribution in [0.1, 0.15) is 53.4 Å². The van der Waals surface area contributed by atoms with Gasteiger partial charge in [-0.15, -0.1) is 0 Å². The van der Waals surface area contributed by atoms with Crippen molar-refractivity contribution in [3.63, 3.8) is 0 Å². The van der Waals surface area contributed by atoms with Gasteiger partial charge in [-0.05, 0) is 42.6 Å². The van der Waals surface area contributed by atoms with Crippen molar-refractivity contribution >= 4 is 0 Å². The maximum atomic E-state index is 10.0. The SMILES string of the molecule is CC(CC(O)C1=CCCC1)C(C)(C)C. The third-order valence-electron chi connectivity index (χ3n) is 3.56. The lowest BCUT2D eigenvalue weighted by molar-refractivity contribution is 0.133. The van der Waals surface area contributed by atoms with Gasteiger partial charge in [0.25, 0.3) is 0 Å². The summed E-state index contributed by atoms with van der Waals surface area (Å²) < 4.78 is 0. The minimum atomic E-state index is -0.188. The predicted molar refractivity (Wildman–Crippen MR) is 61.2 cm³/mol. The van der Waals surface area contributed by atoms with Crippen LogP contribution in [-0.4, -0.2) is 11.2 Å². The summed E-state index contributed by atoms with van der Waals surface area (Å²) in [6.45, 7) is 8.97. The number of aliphatic hydroxyl groups excluding tert-OH is 1. The van der Waals surface area contributed by atoms with Crippen LogP contribution in [0.25, 0.3) is 0 Å². The van der Waals surface area contributed by atoms with Crippen molar-refractivity contribution in [2.45, 2.75) is 59.5 Å². The third kappa shape index (κ3) is 3.13. The minimum absolute atomic E-state index is 0.188. The molecular weight excluding hydrogens is 172 g/mol. The van der Waals surface area contributed by atoms with E-state index in [0.29, 0.717) is 11.3 Å². The molecule has 0 amide bonds. The van der Waals surface area contributed by atoms with Gasteiger partial charge in [0.15, 0.2) is 0 Å². The first-order valence-corrected chi connectivity index (χ1v) is 5.78. The Morgan fingerprint density at radius 3 is 2.50 bits per heavy atom. The van der Waals surface area contributed by atoms with Crippen molar-refractivity contribution in [1.82, 2.24) is 0 Å². The molecule has 0 heterocycles. The molecule has 0 aliphatic heterocycles. The standard InChI is InChI=1S/C13H24O/c1-10(13(2,3)4)9-12(14)11-7-5-6-8-11/h7,10,12,14H,5-6,8-9H2,1-4H3. The van der Waals surface area contributed by atoms with Crippen molar-refractivity contribution in [3.8, 4) is 0 Å². The molecule has 0 saturated heterocycles. The first kappa shape index (κ1) is 11.8. The van der Waals surface area contributed by atoms with Crippen LogP contribution in [0, 0.1) is 11.3 Å². The van der Waals surface area contributed by atoms with E-state index in [1.807, 2.05) is 0 Å². The van der Waals surface area contributed by atoms with E-state index in [9.17, 15) is 5.11 Å². The zero-order valence-corrected chi connectivity index (χ0v) is 10.0. The molecule has 0 aromatic heterocycles. The van der Waals surface area contributed by atoms with Gasteiger partial charge in [0, 0.05) is 0 Å². The lowest BCUT2D eigenvalue weighted by atomic mass is 9.78. The molecule has 2 unspecified atom stereocenters. The maximum Gasteiger partial charge on any atom is 0.0752 e. The van der Waals surface area contributed by atoms with E-state index in [2.05, 4.69) is 33.8 Å². The van der Waals surface area contributed by atoms with Crippen LogP contribution >= 0.6 is 0 Å². The van der Waals surface area contributed by atoms with Crippen LogP contribution in [0.3, 0.4) is 0 Å². The Bertz CT molecular complexity index is 210. The van der Waals surface area contributed by atoms with Gasteiger partial charge >= 0.3 is 0 Å². The third-order valence-corrected chi connectivity index (χ3v) is 3.56. The van der Waals surface area contributed by atoms with E-state index in [1.54, 1.807) is 0 Å². The van der Waals surface area contributed by atoms with Gasteiger partial charge < -0.3 is 5.11 Å². The van der Waals surface area contributed by atoms with Gasteiger partial charge in [-0.25, -0.2) is 0 Å². The van der Waals surface area contributed by atoms with E-state index >= 15 is 0 Å². The van der Waals surface area contributed by atoms with Crippen LogP contribution in [0.2, 0.25) is 0 Å². The molecule has 1 aliphatic rings. The molecule has 0 radical (unpaired) electrons. The molecule has 1 heteroatoms. The molecule has 14 heavy (non-hydrogen) atoms. The zero-order valence-electron chi connectivity index (χ0n) is 10.0. The molecule has 1 rings (SSSR count). The molecule has 0 aromatic rings. The van der Waals surface area contributed by atoms with E-state index in [4.69, 9.17) is 0 Å². The van der Waals surface area contributed by atoms with Crippen LogP contribution in [0.5, 0.6) is 0 Å². The molecule has 2 atom stereocenters. The van der Waals surface area contributed by atoms with Crippen LogP contribution in [0.4, 0.5) is 0 Å². The van der Waals surface area contributed by atoms with Gasteiger partial charge in [-0.3, -0.25) is 0 Å². The largest absolute Gasteiger partial charge is 0.389 e. The number of hydrogen-bond acceptors (Lipinski definition) is 1. The van der Waals surface area contributed by atoms with Crippen LogP contribution in [-0.2, 0) is 0 Å².